The quantitative estimate of drug-likeness (QED) is 0.867. The molecule has 0 unspecified atom stereocenters. The Labute approximate surface area is 124 Å². The molecular formula is C13H9ClF3NO2S. The lowest BCUT2D eigenvalue weighted by atomic mass is 10.0. The molecular weight excluding hydrogens is 327 g/mol. The number of nitrogens with one attached hydrogen (secondary N) is 1. The van der Waals surface area contributed by atoms with Gasteiger partial charge in [0.1, 0.15) is 0 Å². The highest BCUT2D eigenvalue weighted by Gasteiger charge is 2.14. The lowest BCUT2D eigenvalue weighted by Crippen LogP contribution is -2.09. The summed E-state index contributed by atoms with van der Waals surface area (Å²) in [6.07, 6.45) is 0.972. The lowest BCUT2D eigenvalue weighted by Gasteiger charge is -2.09. The number of sulfonamides is 1. The second kappa shape index (κ2) is 5.57. The zero-order valence-electron chi connectivity index (χ0n) is 10.6. The van der Waals surface area contributed by atoms with Crippen LogP contribution in [0.2, 0.25) is 5.02 Å². The Morgan fingerprint density at radius 1 is 1.05 bits per heavy atom. The molecule has 0 saturated carbocycles. The minimum absolute atomic E-state index is 0.0438. The normalized spacial score (nSPS) is 11.5. The van der Waals surface area contributed by atoms with E-state index in [2.05, 4.69) is 4.72 Å². The van der Waals surface area contributed by atoms with Crippen molar-refractivity contribution in [2.45, 2.75) is 0 Å². The minimum atomic E-state index is -3.47. The molecule has 0 bridgehead atoms. The van der Waals surface area contributed by atoms with Gasteiger partial charge in [0.25, 0.3) is 0 Å². The Bertz CT molecular complexity index is 786. The standard InChI is InChI=1S/C13H9ClF3NO2S/c1-21(19,20)18-8-2-3-9(10(14)6-8)7-4-11(15)13(17)12(16)5-7/h2-6,18H,1H3. The van der Waals surface area contributed by atoms with Crippen LogP contribution in [0.1, 0.15) is 0 Å². The van der Waals surface area contributed by atoms with E-state index in [9.17, 15) is 21.6 Å². The van der Waals surface area contributed by atoms with Gasteiger partial charge in [-0.1, -0.05) is 17.7 Å². The van der Waals surface area contributed by atoms with Gasteiger partial charge in [0.15, 0.2) is 17.5 Å². The molecule has 0 atom stereocenters. The Balaban J connectivity index is 2.47. The molecule has 21 heavy (non-hydrogen) atoms. The van der Waals surface area contributed by atoms with Crippen LogP contribution in [-0.4, -0.2) is 14.7 Å². The maximum absolute atomic E-state index is 13.2. The van der Waals surface area contributed by atoms with Gasteiger partial charge in [0, 0.05) is 11.3 Å². The summed E-state index contributed by atoms with van der Waals surface area (Å²) in [5, 5.41) is 0.0639. The Morgan fingerprint density at radius 2 is 1.62 bits per heavy atom. The zero-order valence-corrected chi connectivity index (χ0v) is 12.2. The summed E-state index contributed by atoms with van der Waals surface area (Å²) in [5.41, 5.74) is 0.491. The number of benzene rings is 2. The van der Waals surface area contributed by atoms with Crippen molar-refractivity contribution in [1.82, 2.24) is 0 Å². The fraction of sp³-hybridized carbons (Fsp3) is 0.0769. The second-order valence-corrected chi connectivity index (χ2v) is 6.48. The predicted octanol–water partition coefficient (Wildman–Crippen LogP) is 3.80. The van der Waals surface area contributed by atoms with Crippen LogP contribution in [0.5, 0.6) is 0 Å². The smallest absolute Gasteiger partial charge is 0.229 e. The monoisotopic (exact) mass is 335 g/mol. The number of rotatable bonds is 3. The third-order valence-electron chi connectivity index (χ3n) is 2.57. The molecule has 3 nitrogen and oxygen atoms in total. The highest BCUT2D eigenvalue weighted by molar-refractivity contribution is 7.92. The molecule has 8 heteroatoms. The van der Waals surface area contributed by atoms with E-state index in [0.717, 1.165) is 18.4 Å². The fourth-order valence-corrected chi connectivity index (χ4v) is 2.58. The maximum atomic E-state index is 13.2. The molecule has 2 aromatic rings. The van der Waals surface area contributed by atoms with E-state index in [1.807, 2.05) is 0 Å². The average Bonchev–Trinajstić information content (AvgIpc) is 2.33. The van der Waals surface area contributed by atoms with E-state index in [1.165, 1.54) is 18.2 Å². The molecule has 0 aliphatic carbocycles. The van der Waals surface area contributed by atoms with Crippen LogP contribution < -0.4 is 4.72 Å². The van der Waals surface area contributed by atoms with Crippen molar-refractivity contribution in [1.29, 1.82) is 0 Å². The van der Waals surface area contributed by atoms with Crippen LogP contribution >= 0.6 is 11.6 Å². The first kappa shape index (κ1) is 15.7. The molecule has 0 amide bonds. The van der Waals surface area contributed by atoms with E-state index in [4.69, 9.17) is 11.6 Å². The molecule has 0 aliphatic heterocycles. The van der Waals surface area contributed by atoms with Crippen molar-refractivity contribution < 1.29 is 21.6 Å². The fourth-order valence-electron chi connectivity index (χ4n) is 1.74. The van der Waals surface area contributed by atoms with E-state index >= 15 is 0 Å². The Morgan fingerprint density at radius 3 is 2.10 bits per heavy atom. The molecule has 2 aromatic carbocycles. The number of hydrogen-bond acceptors (Lipinski definition) is 2. The third kappa shape index (κ3) is 3.68. The van der Waals surface area contributed by atoms with E-state index in [1.54, 1.807) is 0 Å². The van der Waals surface area contributed by atoms with Crippen LogP contribution in [0.4, 0.5) is 18.9 Å². The molecule has 112 valence electrons. The van der Waals surface area contributed by atoms with Gasteiger partial charge in [-0.3, -0.25) is 4.72 Å². The number of anilines is 1. The molecule has 0 radical (unpaired) electrons. The van der Waals surface area contributed by atoms with E-state index < -0.39 is 27.5 Å². The number of halogens is 4. The molecule has 0 aliphatic rings. The molecule has 2 rings (SSSR count). The van der Waals surface area contributed by atoms with Gasteiger partial charge in [-0.2, -0.15) is 0 Å². The van der Waals surface area contributed by atoms with Crippen molar-refractivity contribution in [2.24, 2.45) is 0 Å². The summed E-state index contributed by atoms with van der Waals surface area (Å²) < 4.78 is 63.7. The van der Waals surface area contributed by atoms with Gasteiger partial charge in [0.05, 0.1) is 11.3 Å². The summed E-state index contributed by atoms with van der Waals surface area (Å²) >= 11 is 5.96. The first-order chi connectivity index (χ1) is 9.67. The van der Waals surface area contributed by atoms with Gasteiger partial charge < -0.3 is 0 Å². The van der Waals surface area contributed by atoms with Crippen molar-refractivity contribution in [3.63, 3.8) is 0 Å². The van der Waals surface area contributed by atoms with Crippen LogP contribution in [0.3, 0.4) is 0 Å². The minimum Gasteiger partial charge on any atom is -0.284 e. The van der Waals surface area contributed by atoms with Gasteiger partial charge in [-0.25, -0.2) is 21.6 Å². The molecule has 0 heterocycles. The summed E-state index contributed by atoms with van der Waals surface area (Å²) in [4.78, 5) is 0. The molecule has 0 aromatic heterocycles. The van der Waals surface area contributed by atoms with E-state index in [0.29, 0.717) is 0 Å². The highest BCUT2D eigenvalue weighted by Crippen LogP contribution is 2.32. The van der Waals surface area contributed by atoms with Crippen molar-refractivity contribution in [3.8, 4) is 11.1 Å². The van der Waals surface area contributed by atoms with Gasteiger partial charge in [-0.05, 0) is 29.8 Å². The van der Waals surface area contributed by atoms with E-state index in [-0.39, 0.29) is 21.8 Å². The van der Waals surface area contributed by atoms with Crippen molar-refractivity contribution >= 4 is 27.3 Å². The lowest BCUT2D eigenvalue weighted by molar-refractivity contribution is 0.448. The zero-order chi connectivity index (χ0) is 15.8. The third-order valence-corrected chi connectivity index (χ3v) is 3.49. The van der Waals surface area contributed by atoms with Crippen molar-refractivity contribution in [3.05, 3.63) is 52.8 Å². The second-order valence-electron chi connectivity index (χ2n) is 4.32. The maximum Gasteiger partial charge on any atom is 0.229 e. The summed E-state index contributed by atoms with van der Waals surface area (Å²) in [6.45, 7) is 0. The Kier molecular flexibility index (Phi) is 4.15. The summed E-state index contributed by atoms with van der Waals surface area (Å²) in [5.74, 6) is -4.23. The van der Waals surface area contributed by atoms with Gasteiger partial charge in [0.2, 0.25) is 10.0 Å². The molecule has 1 N–H and O–H groups in total. The Hall–Kier alpha value is -1.73. The van der Waals surface area contributed by atoms with Crippen LogP contribution in [-0.2, 0) is 10.0 Å². The molecule has 0 saturated heterocycles. The average molecular weight is 336 g/mol. The van der Waals surface area contributed by atoms with Crippen LogP contribution in [0.25, 0.3) is 11.1 Å². The van der Waals surface area contributed by atoms with Gasteiger partial charge >= 0.3 is 0 Å². The van der Waals surface area contributed by atoms with Crippen molar-refractivity contribution in [2.75, 3.05) is 11.0 Å². The predicted molar refractivity (Wildman–Crippen MR) is 75.2 cm³/mol. The van der Waals surface area contributed by atoms with Gasteiger partial charge in [-0.15, -0.1) is 0 Å². The molecule has 0 spiro atoms. The topological polar surface area (TPSA) is 46.2 Å². The number of hydrogen-bond donors (Lipinski definition) is 1. The largest absolute Gasteiger partial charge is 0.284 e. The summed E-state index contributed by atoms with van der Waals surface area (Å²) in [6, 6.07) is 5.66. The summed E-state index contributed by atoms with van der Waals surface area (Å²) in [7, 11) is -3.47. The van der Waals surface area contributed by atoms with Crippen LogP contribution in [0.15, 0.2) is 30.3 Å². The SMILES string of the molecule is CS(=O)(=O)Nc1ccc(-c2cc(F)c(F)c(F)c2)c(Cl)c1. The molecule has 0 fully saturated rings. The van der Waals surface area contributed by atoms with Crippen LogP contribution in [0, 0.1) is 17.5 Å². The first-order valence-electron chi connectivity index (χ1n) is 5.59. The highest BCUT2D eigenvalue weighted by atomic mass is 35.5. The first-order valence-corrected chi connectivity index (χ1v) is 7.86.